The van der Waals surface area contributed by atoms with E-state index in [2.05, 4.69) is 5.32 Å². The number of benzene rings is 3. The van der Waals surface area contributed by atoms with Crippen molar-refractivity contribution in [1.29, 1.82) is 0 Å². The van der Waals surface area contributed by atoms with Crippen LogP contribution in [0.3, 0.4) is 0 Å². The van der Waals surface area contributed by atoms with Gasteiger partial charge in [-0.15, -0.1) is 0 Å². The van der Waals surface area contributed by atoms with E-state index >= 15 is 0 Å². The average molecular weight is 426 g/mol. The zero-order chi connectivity index (χ0) is 20.5. The molecule has 0 radical (unpaired) electrons. The molecule has 1 N–H and O–H groups in total. The third-order valence-electron chi connectivity index (χ3n) is 4.74. The predicted octanol–water partition coefficient (Wildman–Crippen LogP) is 6.69. The number of anilines is 1. The van der Waals surface area contributed by atoms with Gasteiger partial charge in [-0.05, 0) is 42.0 Å². The van der Waals surface area contributed by atoms with Gasteiger partial charge in [-0.2, -0.15) is 0 Å². The zero-order valence-electron chi connectivity index (χ0n) is 15.8. The summed E-state index contributed by atoms with van der Waals surface area (Å²) in [6, 6.07) is 18.3. The molecule has 0 fully saturated rings. The van der Waals surface area contributed by atoms with E-state index in [0.717, 1.165) is 22.3 Å². The van der Waals surface area contributed by atoms with Crippen molar-refractivity contribution in [2.24, 2.45) is 0 Å². The van der Waals surface area contributed by atoms with Crippen LogP contribution in [0.5, 0.6) is 5.75 Å². The second kappa shape index (κ2) is 7.82. The molecule has 29 heavy (non-hydrogen) atoms. The Morgan fingerprint density at radius 2 is 1.83 bits per heavy atom. The first-order valence-electron chi connectivity index (χ1n) is 8.91. The lowest BCUT2D eigenvalue weighted by atomic mass is 10.0. The van der Waals surface area contributed by atoms with Gasteiger partial charge in [0, 0.05) is 28.6 Å². The van der Waals surface area contributed by atoms with E-state index in [1.165, 1.54) is 6.07 Å². The van der Waals surface area contributed by atoms with Gasteiger partial charge in [0.1, 0.15) is 11.3 Å². The fourth-order valence-corrected chi connectivity index (χ4v) is 3.85. The third-order valence-corrected chi connectivity index (χ3v) is 5.29. The van der Waals surface area contributed by atoms with Crippen molar-refractivity contribution in [2.45, 2.75) is 0 Å². The molecule has 0 aliphatic carbocycles. The Labute approximate surface area is 178 Å². The van der Waals surface area contributed by atoms with Gasteiger partial charge in [0.15, 0.2) is 5.76 Å². The first-order valence-corrected chi connectivity index (χ1v) is 9.66. The third kappa shape index (κ3) is 3.46. The molecule has 0 amide bonds. The van der Waals surface area contributed by atoms with Crippen molar-refractivity contribution in [2.75, 3.05) is 19.5 Å². The SMILES string of the molecule is CNc1c(C(=O)c2ccc(Cl)cc2Cl)oc2cc(-c3ccccc3OC)ccc12. The Hall–Kier alpha value is -2.95. The largest absolute Gasteiger partial charge is 0.496 e. The molecule has 0 aliphatic heterocycles. The summed E-state index contributed by atoms with van der Waals surface area (Å²) in [6.45, 7) is 0. The summed E-state index contributed by atoms with van der Waals surface area (Å²) in [5.74, 6) is 0.645. The van der Waals surface area contributed by atoms with Crippen molar-refractivity contribution < 1.29 is 13.9 Å². The van der Waals surface area contributed by atoms with E-state index in [1.54, 1.807) is 26.3 Å². The standard InChI is InChI=1S/C23H17Cl2NO3/c1-26-21-17-9-7-13(15-5-3-4-6-19(15)28-2)11-20(17)29-23(21)22(27)16-10-8-14(24)12-18(16)25/h3-12,26H,1-2H3. The molecule has 0 unspecified atom stereocenters. The number of carbonyl (C=O) groups excluding carboxylic acids is 1. The minimum absolute atomic E-state index is 0.198. The van der Waals surface area contributed by atoms with Gasteiger partial charge in [0.25, 0.3) is 0 Å². The van der Waals surface area contributed by atoms with Crippen LogP contribution in [0.15, 0.2) is 65.1 Å². The maximum atomic E-state index is 13.1. The Morgan fingerprint density at radius 3 is 2.55 bits per heavy atom. The van der Waals surface area contributed by atoms with Crippen LogP contribution in [0.4, 0.5) is 5.69 Å². The van der Waals surface area contributed by atoms with Gasteiger partial charge in [-0.3, -0.25) is 4.79 Å². The monoisotopic (exact) mass is 425 g/mol. The minimum Gasteiger partial charge on any atom is -0.496 e. The summed E-state index contributed by atoms with van der Waals surface area (Å²) in [7, 11) is 3.38. The highest BCUT2D eigenvalue weighted by Gasteiger charge is 2.23. The smallest absolute Gasteiger partial charge is 0.231 e. The van der Waals surface area contributed by atoms with E-state index < -0.39 is 0 Å². The van der Waals surface area contributed by atoms with Crippen LogP contribution in [-0.4, -0.2) is 19.9 Å². The Bertz CT molecular complexity index is 1230. The number of furan rings is 1. The fraction of sp³-hybridized carbons (Fsp3) is 0.0870. The number of para-hydroxylation sites is 1. The van der Waals surface area contributed by atoms with Gasteiger partial charge < -0.3 is 14.5 Å². The highest BCUT2D eigenvalue weighted by Crippen LogP contribution is 2.38. The van der Waals surface area contributed by atoms with Crippen molar-refractivity contribution >= 4 is 45.6 Å². The molecular weight excluding hydrogens is 409 g/mol. The first kappa shape index (κ1) is 19.4. The van der Waals surface area contributed by atoms with E-state index in [0.29, 0.717) is 21.9 Å². The number of ether oxygens (including phenoxy) is 1. The number of ketones is 1. The average Bonchev–Trinajstić information content (AvgIpc) is 3.11. The van der Waals surface area contributed by atoms with Crippen molar-refractivity contribution in [1.82, 2.24) is 0 Å². The molecule has 0 bridgehead atoms. The van der Waals surface area contributed by atoms with Crippen LogP contribution < -0.4 is 10.1 Å². The fourth-order valence-electron chi connectivity index (χ4n) is 3.35. The normalized spacial score (nSPS) is 10.9. The second-order valence-corrected chi connectivity index (χ2v) is 7.26. The summed E-state index contributed by atoms with van der Waals surface area (Å²) in [4.78, 5) is 13.1. The maximum absolute atomic E-state index is 13.1. The number of rotatable bonds is 5. The number of carbonyl (C=O) groups is 1. The lowest BCUT2D eigenvalue weighted by Crippen LogP contribution is -2.04. The molecule has 1 heterocycles. The van der Waals surface area contributed by atoms with Gasteiger partial charge in [0.2, 0.25) is 5.78 Å². The summed E-state index contributed by atoms with van der Waals surface area (Å²) in [6.07, 6.45) is 0. The number of halogens is 2. The molecule has 1 aromatic heterocycles. The van der Waals surface area contributed by atoms with Crippen LogP contribution in [0, 0.1) is 0 Å². The van der Waals surface area contributed by atoms with Crippen LogP contribution in [0.2, 0.25) is 10.0 Å². The van der Waals surface area contributed by atoms with E-state index in [1.807, 2.05) is 42.5 Å². The Kier molecular flexibility index (Phi) is 5.22. The van der Waals surface area contributed by atoms with E-state index in [-0.39, 0.29) is 16.6 Å². The minimum atomic E-state index is -0.314. The molecule has 0 saturated heterocycles. The summed E-state index contributed by atoms with van der Waals surface area (Å²) in [5, 5.41) is 4.62. The number of hydrogen-bond acceptors (Lipinski definition) is 4. The number of methoxy groups -OCH3 is 1. The predicted molar refractivity (Wildman–Crippen MR) is 118 cm³/mol. The highest BCUT2D eigenvalue weighted by molar-refractivity contribution is 6.37. The van der Waals surface area contributed by atoms with Crippen LogP contribution in [0.1, 0.15) is 16.1 Å². The van der Waals surface area contributed by atoms with Crippen LogP contribution in [-0.2, 0) is 0 Å². The molecular formula is C23H17Cl2NO3. The summed E-state index contributed by atoms with van der Waals surface area (Å²) < 4.78 is 11.4. The lowest BCUT2D eigenvalue weighted by molar-refractivity contribution is 0.101. The summed E-state index contributed by atoms with van der Waals surface area (Å²) >= 11 is 12.2. The zero-order valence-corrected chi connectivity index (χ0v) is 17.3. The number of hydrogen-bond donors (Lipinski definition) is 1. The van der Waals surface area contributed by atoms with Crippen LogP contribution >= 0.6 is 23.2 Å². The summed E-state index contributed by atoms with van der Waals surface area (Å²) in [5.41, 5.74) is 3.40. The maximum Gasteiger partial charge on any atom is 0.231 e. The molecule has 4 rings (SSSR count). The molecule has 0 aliphatic rings. The highest BCUT2D eigenvalue weighted by atomic mass is 35.5. The molecule has 0 saturated carbocycles. The number of fused-ring (bicyclic) bond motifs is 1. The van der Waals surface area contributed by atoms with Crippen molar-refractivity contribution in [3.8, 4) is 16.9 Å². The lowest BCUT2D eigenvalue weighted by Gasteiger charge is -2.08. The first-order chi connectivity index (χ1) is 14.0. The van der Waals surface area contributed by atoms with Gasteiger partial charge in [-0.1, -0.05) is 47.5 Å². The molecule has 6 heteroatoms. The molecule has 4 nitrogen and oxygen atoms in total. The van der Waals surface area contributed by atoms with Crippen molar-refractivity contribution in [3.05, 3.63) is 82.0 Å². The Morgan fingerprint density at radius 1 is 1.03 bits per heavy atom. The molecule has 3 aromatic carbocycles. The molecule has 146 valence electrons. The molecule has 0 atom stereocenters. The van der Waals surface area contributed by atoms with Crippen molar-refractivity contribution in [3.63, 3.8) is 0 Å². The topological polar surface area (TPSA) is 51.5 Å². The quantitative estimate of drug-likeness (QED) is 0.362. The number of nitrogens with one attached hydrogen (secondary N) is 1. The van der Waals surface area contributed by atoms with E-state index in [9.17, 15) is 4.79 Å². The van der Waals surface area contributed by atoms with Gasteiger partial charge in [-0.25, -0.2) is 0 Å². The van der Waals surface area contributed by atoms with Gasteiger partial charge in [0.05, 0.1) is 17.8 Å². The Balaban J connectivity index is 1.85. The van der Waals surface area contributed by atoms with E-state index in [4.69, 9.17) is 32.4 Å². The molecule has 4 aromatic rings. The second-order valence-electron chi connectivity index (χ2n) is 6.42. The van der Waals surface area contributed by atoms with Gasteiger partial charge >= 0.3 is 0 Å². The van der Waals surface area contributed by atoms with Crippen LogP contribution in [0.25, 0.3) is 22.1 Å². The molecule has 0 spiro atoms.